The lowest BCUT2D eigenvalue weighted by Crippen LogP contribution is -2.22. The van der Waals surface area contributed by atoms with E-state index in [1.165, 1.54) is 0 Å². The van der Waals surface area contributed by atoms with Crippen molar-refractivity contribution in [1.29, 1.82) is 0 Å². The van der Waals surface area contributed by atoms with Crippen molar-refractivity contribution in [3.8, 4) is 5.95 Å². The molecule has 0 amide bonds. The lowest BCUT2D eigenvalue weighted by atomic mass is 9.97. The molecule has 19 heavy (non-hydrogen) atoms. The smallest absolute Gasteiger partial charge is 0.243 e. The predicted molar refractivity (Wildman–Crippen MR) is 72.7 cm³/mol. The van der Waals surface area contributed by atoms with Gasteiger partial charge in [0.25, 0.3) is 0 Å². The zero-order chi connectivity index (χ0) is 13.9. The highest BCUT2D eigenvalue weighted by molar-refractivity contribution is 5.37. The molecular formula is C11H18N8. The highest BCUT2D eigenvalue weighted by Gasteiger charge is 2.12. The first-order valence-corrected chi connectivity index (χ1v) is 5.93. The Balaban J connectivity index is 2.26. The van der Waals surface area contributed by atoms with Crippen LogP contribution in [0.2, 0.25) is 0 Å². The van der Waals surface area contributed by atoms with Gasteiger partial charge in [0.15, 0.2) is 0 Å². The normalized spacial score (nSPS) is 11.4. The van der Waals surface area contributed by atoms with Gasteiger partial charge in [-0.3, -0.25) is 9.99 Å². The summed E-state index contributed by atoms with van der Waals surface area (Å²) in [7, 11) is 0. The van der Waals surface area contributed by atoms with Gasteiger partial charge in [0.2, 0.25) is 17.8 Å². The average molecular weight is 262 g/mol. The van der Waals surface area contributed by atoms with Crippen molar-refractivity contribution in [1.82, 2.24) is 24.5 Å². The molecule has 0 aliphatic carbocycles. The van der Waals surface area contributed by atoms with Gasteiger partial charge in [-0.15, -0.1) is 0 Å². The standard InChI is InChI=1S/C11H18N8/c1-11(2,3)6-14-8-15-9(18-12)17-10(16-8)19-5-4-13-7-19/h4-5,7H,6,12H2,1-3H3,(H2,14,15,16,17,18). The van der Waals surface area contributed by atoms with E-state index in [4.69, 9.17) is 5.84 Å². The Bertz CT molecular complexity index is 528. The molecule has 0 saturated heterocycles. The Morgan fingerprint density at radius 2 is 1.95 bits per heavy atom. The summed E-state index contributed by atoms with van der Waals surface area (Å²) in [5.74, 6) is 6.60. The first-order chi connectivity index (χ1) is 8.98. The van der Waals surface area contributed by atoms with Gasteiger partial charge in [-0.05, 0) is 5.41 Å². The van der Waals surface area contributed by atoms with Gasteiger partial charge in [-0.1, -0.05) is 20.8 Å². The summed E-state index contributed by atoms with van der Waals surface area (Å²) in [6.07, 6.45) is 5.02. The molecule has 0 fully saturated rings. The molecule has 0 unspecified atom stereocenters. The van der Waals surface area contributed by atoms with Crippen LogP contribution < -0.4 is 16.6 Å². The number of nitrogens with one attached hydrogen (secondary N) is 2. The maximum Gasteiger partial charge on any atom is 0.243 e. The van der Waals surface area contributed by atoms with Gasteiger partial charge >= 0.3 is 0 Å². The number of aromatic nitrogens is 5. The summed E-state index contributed by atoms with van der Waals surface area (Å²) >= 11 is 0. The topological polar surface area (TPSA) is 107 Å². The minimum atomic E-state index is 0.123. The van der Waals surface area contributed by atoms with Crippen LogP contribution in [0.3, 0.4) is 0 Å². The lowest BCUT2D eigenvalue weighted by Gasteiger charge is -2.18. The van der Waals surface area contributed by atoms with Crippen molar-refractivity contribution in [2.75, 3.05) is 17.3 Å². The molecular weight excluding hydrogens is 244 g/mol. The number of nitrogen functional groups attached to an aromatic ring is 1. The third-order valence-corrected chi connectivity index (χ3v) is 2.26. The number of hydrogen-bond donors (Lipinski definition) is 3. The van der Waals surface area contributed by atoms with Crippen LogP contribution in [-0.2, 0) is 0 Å². The number of hydrazine groups is 1. The molecule has 8 heteroatoms. The molecule has 2 aromatic heterocycles. The predicted octanol–water partition coefficient (Wildman–Crippen LogP) is 0.801. The molecule has 0 atom stereocenters. The van der Waals surface area contributed by atoms with Gasteiger partial charge in [-0.2, -0.15) is 15.0 Å². The first kappa shape index (κ1) is 13.2. The zero-order valence-corrected chi connectivity index (χ0v) is 11.3. The minimum Gasteiger partial charge on any atom is -0.353 e. The van der Waals surface area contributed by atoms with Crippen molar-refractivity contribution >= 4 is 11.9 Å². The molecule has 0 aliphatic heterocycles. The van der Waals surface area contributed by atoms with E-state index in [0.29, 0.717) is 17.8 Å². The minimum absolute atomic E-state index is 0.123. The molecule has 0 saturated carbocycles. The Hall–Kier alpha value is -2.22. The highest BCUT2D eigenvalue weighted by Crippen LogP contribution is 2.14. The third-order valence-electron chi connectivity index (χ3n) is 2.26. The fourth-order valence-corrected chi connectivity index (χ4v) is 1.35. The van der Waals surface area contributed by atoms with Gasteiger partial charge in [0.1, 0.15) is 6.33 Å². The average Bonchev–Trinajstić information content (AvgIpc) is 2.89. The van der Waals surface area contributed by atoms with Crippen molar-refractivity contribution in [2.45, 2.75) is 20.8 Å². The van der Waals surface area contributed by atoms with Gasteiger partial charge in [-0.25, -0.2) is 10.8 Å². The van der Waals surface area contributed by atoms with Crippen LogP contribution >= 0.6 is 0 Å². The fraction of sp³-hybridized carbons (Fsp3) is 0.455. The van der Waals surface area contributed by atoms with Crippen molar-refractivity contribution < 1.29 is 0 Å². The number of anilines is 2. The van der Waals surface area contributed by atoms with Crippen LogP contribution in [0.25, 0.3) is 5.95 Å². The molecule has 102 valence electrons. The molecule has 2 heterocycles. The zero-order valence-electron chi connectivity index (χ0n) is 11.3. The molecule has 0 radical (unpaired) electrons. The second-order valence-corrected chi connectivity index (χ2v) is 5.31. The largest absolute Gasteiger partial charge is 0.353 e. The molecule has 4 N–H and O–H groups in total. The molecule has 0 aromatic carbocycles. The van der Waals surface area contributed by atoms with E-state index in [1.54, 1.807) is 23.3 Å². The fourth-order valence-electron chi connectivity index (χ4n) is 1.35. The number of nitrogens with two attached hydrogens (primary N) is 1. The Morgan fingerprint density at radius 3 is 2.53 bits per heavy atom. The van der Waals surface area contributed by atoms with E-state index < -0.39 is 0 Å². The van der Waals surface area contributed by atoms with E-state index in [9.17, 15) is 0 Å². The van der Waals surface area contributed by atoms with Crippen LogP contribution in [0.4, 0.5) is 11.9 Å². The molecule has 8 nitrogen and oxygen atoms in total. The molecule has 2 aromatic rings. The van der Waals surface area contributed by atoms with Crippen LogP contribution in [0.5, 0.6) is 0 Å². The number of nitrogens with zero attached hydrogens (tertiary/aromatic N) is 5. The lowest BCUT2D eigenvalue weighted by molar-refractivity contribution is 0.441. The van der Waals surface area contributed by atoms with E-state index in [0.717, 1.165) is 6.54 Å². The summed E-state index contributed by atoms with van der Waals surface area (Å²) in [5, 5.41) is 3.17. The summed E-state index contributed by atoms with van der Waals surface area (Å²) in [5.41, 5.74) is 2.55. The van der Waals surface area contributed by atoms with Gasteiger partial charge < -0.3 is 5.32 Å². The second kappa shape index (κ2) is 5.19. The SMILES string of the molecule is CC(C)(C)CNc1nc(NN)nc(-n2ccnc2)n1. The van der Waals surface area contributed by atoms with E-state index in [-0.39, 0.29) is 5.41 Å². The first-order valence-electron chi connectivity index (χ1n) is 5.93. The van der Waals surface area contributed by atoms with Crippen molar-refractivity contribution in [2.24, 2.45) is 11.3 Å². The Kier molecular flexibility index (Phi) is 3.61. The Labute approximate surface area is 111 Å². The molecule has 0 aliphatic rings. The maximum atomic E-state index is 5.37. The maximum absolute atomic E-state index is 5.37. The van der Waals surface area contributed by atoms with Gasteiger partial charge in [0, 0.05) is 18.9 Å². The van der Waals surface area contributed by atoms with E-state index >= 15 is 0 Å². The molecule has 0 bridgehead atoms. The number of imidazole rings is 1. The van der Waals surface area contributed by atoms with Crippen molar-refractivity contribution in [3.63, 3.8) is 0 Å². The summed E-state index contributed by atoms with van der Waals surface area (Å²) in [4.78, 5) is 16.6. The van der Waals surface area contributed by atoms with Crippen LogP contribution in [0, 0.1) is 5.41 Å². The molecule has 2 rings (SSSR count). The number of hydrogen-bond acceptors (Lipinski definition) is 7. The quantitative estimate of drug-likeness (QED) is 0.552. The number of rotatable bonds is 4. The van der Waals surface area contributed by atoms with E-state index in [1.807, 2.05) is 0 Å². The summed E-state index contributed by atoms with van der Waals surface area (Å²) < 4.78 is 1.69. The van der Waals surface area contributed by atoms with Crippen molar-refractivity contribution in [3.05, 3.63) is 18.7 Å². The summed E-state index contributed by atoms with van der Waals surface area (Å²) in [6.45, 7) is 7.12. The third kappa shape index (κ3) is 3.62. The molecule has 0 spiro atoms. The highest BCUT2D eigenvalue weighted by atomic mass is 15.4. The van der Waals surface area contributed by atoms with Gasteiger partial charge in [0.05, 0.1) is 0 Å². The van der Waals surface area contributed by atoms with Crippen LogP contribution in [0.1, 0.15) is 20.8 Å². The summed E-state index contributed by atoms with van der Waals surface area (Å²) in [6, 6.07) is 0. The van der Waals surface area contributed by atoms with Crippen LogP contribution in [0.15, 0.2) is 18.7 Å². The Morgan fingerprint density at radius 1 is 1.21 bits per heavy atom. The monoisotopic (exact) mass is 262 g/mol. The van der Waals surface area contributed by atoms with Crippen LogP contribution in [-0.4, -0.2) is 31.0 Å². The van der Waals surface area contributed by atoms with E-state index in [2.05, 4.69) is 51.4 Å². The second-order valence-electron chi connectivity index (χ2n) is 5.31.